The molecule has 0 atom stereocenters. The molecule has 0 aliphatic rings. The van der Waals surface area contributed by atoms with E-state index in [1.165, 1.54) is 12.1 Å². The highest BCUT2D eigenvalue weighted by Crippen LogP contribution is 2.17. The molecule has 8 heteroatoms. The van der Waals surface area contributed by atoms with Crippen LogP contribution in [-0.4, -0.2) is 36.9 Å². The smallest absolute Gasteiger partial charge is 0.329 e. The Kier molecular flexibility index (Phi) is 5.93. The number of carboxylic acids is 1. The van der Waals surface area contributed by atoms with Gasteiger partial charge in [0, 0.05) is 6.54 Å². The quantitative estimate of drug-likeness (QED) is 0.671. The summed E-state index contributed by atoms with van der Waals surface area (Å²) in [6, 6.07) is 4.87. The van der Waals surface area contributed by atoms with Crippen LogP contribution in [0.5, 0.6) is 0 Å². The third kappa shape index (κ3) is 4.91. The topological polar surface area (TPSA) is 111 Å². The van der Waals surface area contributed by atoms with Gasteiger partial charge in [-0.25, -0.2) is 14.0 Å². The van der Waals surface area contributed by atoms with Crippen LogP contribution in [0.25, 0.3) is 0 Å². The second-order valence-corrected chi connectivity index (χ2v) is 3.60. The summed E-state index contributed by atoms with van der Waals surface area (Å²) in [6.45, 7) is -0.351. The number of nitrogens with zero attached hydrogens (tertiary/aromatic N) is 1. The van der Waals surface area contributed by atoms with Crippen LogP contribution in [0, 0.1) is 17.1 Å². The third-order valence-corrected chi connectivity index (χ3v) is 2.13. The van der Waals surface area contributed by atoms with Gasteiger partial charge in [0.2, 0.25) is 0 Å². The van der Waals surface area contributed by atoms with Crippen molar-refractivity contribution in [2.45, 2.75) is 0 Å². The van der Waals surface area contributed by atoms with Gasteiger partial charge in [-0.1, -0.05) is 6.07 Å². The van der Waals surface area contributed by atoms with Crippen molar-refractivity contribution in [2.75, 3.05) is 25.1 Å². The second kappa shape index (κ2) is 7.70. The Bertz CT molecular complexity index is 542. The predicted octanol–water partition coefficient (Wildman–Crippen LogP) is 0.920. The Morgan fingerprint density at radius 1 is 1.45 bits per heavy atom. The van der Waals surface area contributed by atoms with E-state index in [1.807, 2.05) is 0 Å². The molecule has 0 saturated carbocycles. The first-order chi connectivity index (χ1) is 9.54. The molecule has 0 aromatic heterocycles. The van der Waals surface area contributed by atoms with Crippen molar-refractivity contribution >= 4 is 17.7 Å². The van der Waals surface area contributed by atoms with Crippen LogP contribution in [-0.2, 0) is 9.53 Å². The number of carbonyl (C=O) groups is 2. The van der Waals surface area contributed by atoms with Crippen molar-refractivity contribution in [3.8, 4) is 6.07 Å². The molecule has 106 valence electrons. The summed E-state index contributed by atoms with van der Waals surface area (Å²) in [4.78, 5) is 21.6. The number of hydrogen-bond donors (Lipinski definition) is 3. The van der Waals surface area contributed by atoms with E-state index in [0.29, 0.717) is 0 Å². The number of carboxylic acid groups (broad SMARTS) is 1. The van der Waals surface area contributed by atoms with E-state index in [4.69, 9.17) is 15.1 Å². The summed E-state index contributed by atoms with van der Waals surface area (Å²) in [7, 11) is 0. The first kappa shape index (κ1) is 15.4. The van der Waals surface area contributed by atoms with Crippen molar-refractivity contribution < 1.29 is 23.8 Å². The number of aliphatic carboxylic acids is 1. The van der Waals surface area contributed by atoms with E-state index in [2.05, 4.69) is 10.6 Å². The largest absolute Gasteiger partial charge is 0.480 e. The molecule has 1 aromatic carbocycles. The molecule has 7 nitrogen and oxygen atoms in total. The zero-order valence-corrected chi connectivity index (χ0v) is 10.4. The summed E-state index contributed by atoms with van der Waals surface area (Å²) in [5.41, 5.74) is -0.207. The first-order valence-electron chi connectivity index (χ1n) is 5.57. The Morgan fingerprint density at radius 3 is 2.85 bits per heavy atom. The molecular weight excluding hydrogens is 269 g/mol. The summed E-state index contributed by atoms with van der Waals surface area (Å²) in [6.07, 6.45) is 0. The molecule has 0 bridgehead atoms. The fourth-order valence-corrected chi connectivity index (χ4v) is 1.30. The Balaban J connectivity index is 2.42. The lowest BCUT2D eigenvalue weighted by atomic mass is 10.2. The number of urea groups is 1. The van der Waals surface area contributed by atoms with Crippen LogP contribution in [0.4, 0.5) is 14.9 Å². The maximum atomic E-state index is 13.3. The molecule has 2 amide bonds. The summed E-state index contributed by atoms with van der Waals surface area (Å²) < 4.78 is 18.0. The minimum atomic E-state index is -1.10. The van der Waals surface area contributed by atoms with Gasteiger partial charge in [0.25, 0.3) is 0 Å². The van der Waals surface area contributed by atoms with Gasteiger partial charge in [-0.05, 0) is 12.1 Å². The van der Waals surface area contributed by atoms with Gasteiger partial charge < -0.3 is 20.5 Å². The molecule has 20 heavy (non-hydrogen) atoms. The zero-order valence-electron chi connectivity index (χ0n) is 10.4. The predicted molar refractivity (Wildman–Crippen MR) is 66.6 cm³/mol. The lowest BCUT2D eigenvalue weighted by Crippen LogP contribution is -2.32. The number of anilines is 1. The van der Waals surface area contributed by atoms with Gasteiger partial charge in [0.05, 0.1) is 12.3 Å². The highest BCUT2D eigenvalue weighted by Gasteiger charge is 2.10. The zero-order chi connectivity index (χ0) is 15.0. The van der Waals surface area contributed by atoms with Crippen LogP contribution in [0.2, 0.25) is 0 Å². The standard InChI is InChI=1S/C12H12FN3O4/c13-9-2-1-3-10(8(9)6-14)16-12(19)15-4-5-20-7-11(17)18/h1-3H,4-5,7H2,(H,17,18)(H2,15,16,19). The average Bonchev–Trinajstić information content (AvgIpc) is 2.38. The molecule has 1 aromatic rings. The van der Waals surface area contributed by atoms with Crippen LogP contribution < -0.4 is 10.6 Å². The summed E-state index contributed by atoms with van der Waals surface area (Å²) in [5, 5.41) is 21.8. The van der Waals surface area contributed by atoms with Crippen molar-refractivity contribution in [1.29, 1.82) is 5.26 Å². The number of rotatable bonds is 6. The van der Waals surface area contributed by atoms with Gasteiger partial charge in [-0.2, -0.15) is 5.26 Å². The number of benzene rings is 1. The maximum absolute atomic E-state index is 13.3. The normalized spacial score (nSPS) is 9.60. The molecule has 0 heterocycles. The second-order valence-electron chi connectivity index (χ2n) is 3.60. The number of hydrogen-bond acceptors (Lipinski definition) is 4. The maximum Gasteiger partial charge on any atom is 0.329 e. The van der Waals surface area contributed by atoms with Crippen molar-refractivity contribution in [3.63, 3.8) is 0 Å². The fraction of sp³-hybridized carbons (Fsp3) is 0.250. The van der Waals surface area contributed by atoms with Crippen LogP contribution in [0.15, 0.2) is 18.2 Å². The van der Waals surface area contributed by atoms with Crippen LogP contribution >= 0.6 is 0 Å². The molecule has 0 radical (unpaired) electrons. The number of carbonyl (C=O) groups excluding carboxylic acids is 1. The number of amides is 2. The minimum Gasteiger partial charge on any atom is -0.480 e. The van der Waals surface area contributed by atoms with Gasteiger partial charge in [0.1, 0.15) is 24.1 Å². The molecule has 3 N–H and O–H groups in total. The third-order valence-electron chi connectivity index (χ3n) is 2.13. The molecule has 0 fully saturated rings. The molecular formula is C12H12FN3O4. The van der Waals surface area contributed by atoms with Crippen molar-refractivity contribution in [2.24, 2.45) is 0 Å². The van der Waals surface area contributed by atoms with Gasteiger partial charge in [-0.15, -0.1) is 0 Å². The number of halogens is 1. The van der Waals surface area contributed by atoms with Gasteiger partial charge in [0.15, 0.2) is 0 Å². The van der Waals surface area contributed by atoms with Crippen molar-refractivity contribution in [1.82, 2.24) is 5.32 Å². The number of nitrogens with one attached hydrogen (secondary N) is 2. The van der Waals surface area contributed by atoms with E-state index in [-0.39, 0.29) is 24.4 Å². The molecule has 0 saturated heterocycles. The van der Waals surface area contributed by atoms with Crippen molar-refractivity contribution in [3.05, 3.63) is 29.6 Å². The van der Waals surface area contributed by atoms with E-state index in [0.717, 1.165) is 6.07 Å². The summed E-state index contributed by atoms with van der Waals surface area (Å²) in [5.74, 6) is -1.83. The van der Waals surface area contributed by atoms with E-state index in [9.17, 15) is 14.0 Å². The average molecular weight is 281 g/mol. The van der Waals surface area contributed by atoms with Crippen LogP contribution in [0.1, 0.15) is 5.56 Å². The molecule has 0 spiro atoms. The van der Waals surface area contributed by atoms with E-state index in [1.54, 1.807) is 6.07 Å². The van der Waals surface area contributed by atoms with Gasteiger partial charge >= 0.3 is 12.0 Å². The lowest BCUT2D eigenvalue weighted by Gasteiger charge is -2.09. The van der Waals surface area contributed by atoms with E-state index >= 15 is 0 Å². The molecule has 0 aliphatic carbocycles. The monoisotopic (exact) mass is 281 g/mol. The SMILES string of the molecule is N#Cc1c(F)cccc1NC(=O)NCCOCC(=O)O. The Hall–Kier alpha value is -2.66. The minimum absolute atomic E-state index is 0.0218. The summed E-state index contributed by atoms with van der Waals surface area (Å²) >= 11 is 0. The van der Waals surface area contributed by atoms with E-state index < -0.39 is 24.4 Å². The lowest BCUT2D eigenvalue weighted by molar-refractivity contribution is -0.142. The number of ether oxygens (including phenoxy) is 1. The molecule has 1 rings (SSSR count). The highest BCUT2D eigenvalue weighted by molar-refractivity contribution is 5.90. The highest BCUT2D eigenvalue weighted by atomic mass is 19.1. The molecule has 0 aliphatic heterocycles. The first-order valence-corrected chi connectivity index (χ1v) is 5.57. The van der Waals surface area contributed by atoms with Gasteiger partial charge in [-0.3, -0.25) is 0 Å². The molecule has 0 unspecified atom stereocenters. The Labute approximate surface area is 114 Å². The fourth-order valence-electron chi connectivity index (χ4n) is 1.30. The van der Waals surface area contributed by atoms with Crippen LogP contribution in [0.3, 0.4) is 0 Å². The number of nitriles is 1. The Morgan fingerprint density at radius 2 is 2.20 bits per heavy atom.